The van der Waals surface area contributed by atoms with Crippen molar-refractivity contribution in [1.82, 2.24) is 9.88 Å². The molecule has 0 aliphatic carbocycles. The van der Waals surface area contributed by atoms with Gasteiger partial charge < -0.3 is 0 Å². The molecule has 4 nitrogen and oxygen atoms in total. The number of sulfone groups is 1. The second kappa shape index (κ2) is 6.57. The summed E-state index contributed by atoms with van der Waals surface area (Å²) in [7, 11) is -2.86. The van der Waals surface area contributed by atoms with Crippen LogP contribution in [0.25, 0.3) is 10.9 Å². The maximum Gasteiger partial charge on any atom is 0.151 e. The van der Waals surface area contributed by atoms with Gasteiger partial charge in [0.15, 0.2) is 9.84 Å². The number of nitrogens with zero attached hydrogens (tertiary/aromatic N) is 2. The van der Waals surface area contributed by atoms with Crippen molar-refractivity contribution in [1.29, 1.82) is 0 Å². The Balaban J connectivity index is 1.91. The van der Waals surface area contributed by atoms with Crippen LogP contribution in [-0.2, 0) is 16.4 Å². The van der Waals surface area contributed by atoms with Crippen molar-refractivity contribution in [2.75, 3.05) is 18.1 Å². The maximum absolute atomic E-state index is 11.8. The molecule has 5 heteroatoms. The summed E-state index contributed by atoms with van der Waals surface area (Å²) in [6, 6.07) is 10.5. The molecule has 0 bridgehead atoms. The molecule has 0 amide bonds. The van der Waals surface area contributed by atoms with Gasteiger partial charge in [-0.3, -0.25) is 9.88 Å². The highest BCUT2D eigenvalue weighted by Crippen LogP contribution is 2.24. The van der Waals surface area contributed by atoms with E-state index in [9.17, 15) is 8.42 Å². The van der Waals surface area contributed by atoms with Gasteiger partial charge in [-0.25, -0.2) is 8.42 Å². The average molecular weight is 332 g/mol. The van der Waals surface area contributed by atoms with Gasteiger partial charge in [0, 0.05) is 23.7 Å². The summed E-state index contributed by atoms with van der Waals surface area (Å²) < 4.78 is 23.7. The largest absolute Gasteiger partial charge is 0.295 e. The normalized spacial score (nSPS) is 20.4. The van der Waals surface area contributed by atoms with Gasteiger partial charge in [-0.2, -0.15) is 0 Å². The van der Waals surface area contributed by atoms with E-state index in [1.165, 1.54) is 10.9 Å². The van der Waals surface area contributed by atoms with E-state index in [4.69, 9.17) is 0 Å². The first-order valence-corrected chi connectivity index (χ1v) is 10.1. The van der Waals surface area contributed by atoms with Crippen LogP contribution in [0.1, 0.15) is 31.0 Å². The topological polar surface area (TPSA) is 50.3 Å². The Morgan fingerprint density at radius 1 is 1.30 bits per heavy atom. The first-order chi connectivity index (χ1) is 11.0. The molecule has 2 heterocycles. The molecule has 1 aromatic carbocycles. The molecule has 23 heavy (non-hydrogen) atoms. The van der Waals surface area contributed by atoms with Crippen LogP contribution in [-0.4, -0.2) is 42.4 Å². The van der Waals surface area contributed by atoms with Crippen molar-refractivity contribution in [3.8, 4) is 0 Å². The molecule has 0 radical (unpaired) electrons. The lowest BCUT2D eigenvalue weighted by atomic mass is 10.1. The van der Waals surface area contributed by atoms with E-state index in [1.54, 1.807) is 0 Å². The predicted molar refractivity (Wildman–Crippen MR) is 94.2 cm³/mol. The number of rotatable bonds is 5. The Morgan fingerprint density at radius 2 is 2.09 bits per heavy atom. The van der Waals surface area contributed by atoms with E-state index in [0.717, 1.165) is 37.1 Å². The van der Waals surface area contributed by atoms with Crippen molar-refractivity contribution in [3.05, 3.63) is 41.6 Å². The van der Waals surface area contributed by atoms with Crippen molar-refractivity contribution in [3.63, 3.8) is 0 Å². The molecule has 1 aromatic heterocycles. The molecule has 124 valence electrons. The monoisotopic (exact) mass is 332 g/mol. The maximum atomic E-state index is 11.8. The fourth-order valence-corrected chi connectivity index (χ4v) is 5.25. The molecule has 0 saturated carbocycles. The van der Waals surface area contributed by atoms with Crippen LogP contribution >= 0.6 is 0 Å². The van der Waals surface area contributed by atoms with Gasteiger partial charge in [-0.1, -0.05) is 25.1 Å². The SMILES string of the molecule is CCCN(Cc1cc(C)nc2ccccc12)[C@H]1CCS(=O)(=O)C1. The smallest absolute Gasteiger partial charge is 0.151 e. The Morgan fingerprint density at radius 3 is 2.78 bits per heavy atom. The van der Waals surface area contributed by atoms with Crippen LogP contribution in [0.15, 0.2) is 30.3 Å². The summed E-state index contributed by atoms with van der Waals surface area (Å²) in [5.74, 6) is 0.628. The van der Waals surface area contributed by atoms with Gasteiger partial charge in [0.05, 0.1) is 17.0 Å². The molecule has 1 atom stereocenters. The van der Waals surface area contributed by atoms with Crippen LogP contribution in [0.2, 0.25) is 0 Å². The van der Waals surface area contributed by atoms with Crippen LogP contribution in [0.5, 0.6) is 0 Å². The zero-order valence-corrected chi connectivity index (χ0v) is 14.6. The van der Waals surface area contributed by atoms with E-state index in [1.807, 2.05) is 25.1 Å². The lowest BCUT2D eigenvalue weighted by Gasteiger charge is -2.28. The van der Waals surface area contributed by atoms with Gasteiger partial charge in [-0.15, -0.1) is 0 Å². The second-order valence-corrected chi connectivity index (χ2v) is 8.70. The molecule has 0 unspecified atom stereocenters. The molecular formula is C18H24N2O2S. The van der Waals surface area contributed by atoms with Gasteiger partial charge in [0.1, 0.15) is 0 Å². The molecule has 1 aliphatic rings. The standard InChI is InChI=1S/C18H24N2O2S/c1-3-9-20(16-8-10-23(21,22)13-16)12-15-11-14(2)19-18-7-5-4-6-17(15)18/h4-7,11,16H,3,8-10,12-13H2,1-2H3/t16-/m0/s1. The van der Waals surface area contributed by atoms with E-state index < -0.39 is 9.84 Å². The lowest BCUT2D eigenvalue weighted by molar-refractivity contribution is 0.204. The van der Waals surface area contributed by atoms with Crippen molar-refractivity contribution in [2.24, 2.45) is 0 Å². The van der Waals surface area contributed by atoms with Crippen LogP contribution < -0.4 is 0 Å². The Bertz CT molecular complexity index is 802. The summed E-state index contributed by atoms with van der Waals surface area (Å²) >= 11 is 0. The Kier molecular flexibility index (Phi) is 4.69. The second-order valence-electron chi connectivity index (χ2n) is 6.47. The lowest BCUT2D eigenvalue weighted by Crippen LogP contribution is -2.36. The van der Waals surface area contributed by atoms with Gasteiger partial charge in [-0.05, 0) is 44.0 Å². The molecular weight excluding hydrogens is 308 g/mol. The Hall–Kier alpha value is -1.46. The number of pyridine rings is 1. The third-order valence-electron chi connectivity index (χ3n) is 4.54. The highest BCUT2D eigenvalue weighted by Gasteiger charge is 2.32. The quantitative estimate of drug-likeness (QED) is 0.845. The molecule has 1 fully saturated rings. The van der Waals surface area contributed by atoms with Crippen LogP contribution in [0.3, 0.4) is 0 Å². The first kappa shape index (κ1) is 16.4. The van der Waals surface area contributed by atoms with E-state index in [-0.39, 0.29) is 6.04 Å². The number of fused-ring (bicyclic) bond motifs is 1. The number of hydrogen-bond acceptors (Lipinski definition) is 4. The highest BCUT2D eigenvalue weighted by atomic mass is 32.2. The van der Waals surface area contributed by atoms with Gasteiger partial charge in [0.2, 0.25) is 0 Å². The van der Waals surface area contributed by atoms with Gasteiger partial charge in [0.25, 0.3) is 0 Å². The van der Waals surface area contributed by atoms with Crippen LogP contribution in [0.4, 0.5) is 0 Å². The molecule has 0 N–H and O–H groups in total. The molecule has 2 aromatic rings. The molecule has 3 rings (SSSR count). The zero-order valence-electron chi connectivity index (χ0n) is 13.8. The van der Waals surface area contributed by atoms with E-state index >= 15 is 0 Å². The summed E-state index contributed by atoms with van der Waals surface area (Å²) in [4.78, 5) is 6.93. The van der Waals surface area contributed by atoms with Crippen molar-refractivity contribution < 1.29 is 8.42 Å². The average Bonchev–Trinajstić information content (AvgIpc) is 2.86. The van der Waals surface area contributed by atoms with Gasteiger partial charge >= 0.3 is 0 Å². The van der Waals surface area contributed by atoms with E-state index in [2.05, 4.69) is 28.9 Å². The first-order valence-electron chi connectivity index (χ1n) is 8.28. The minimum atomic E-state index is -2.86. The molecule has 1 saturated heterocycles. The Labute approximate surface area is 138 Å². The number of hydrogen-bond donors (Lipinski definition) is 0. The predicted octanol–water partition coefficient (Wildman–Crippen LogP) is 2.94. The number of para-hydroxylation sites is 1. The fraction of sp³-hybridized carbons (Fsp3) is 0.500. The van der Waals surface area contributed by atoms with Crippen molar-refractivity contribution >= 4 is 20.7 Å². The highest BCUT2D eigenvalue weighted by molar-refractivity contribution is 7.91. The summed E-state index contributed by atoms with van der Waals surface area (Å²) in [6.07, 6.45) is 1.78. The van der Waals surface area contributed by atoms with Crippen molar-refractivity contribution in [2.45, 2.75) is 39.3 Å². The zero-order chi connectivity index (χ0) is 16.4. The summed E-state index contributed by atoms with van der Waals surface area (Å²) in [6.45, 7) is 5.88. The summed E-state index contributed by atoms with van der Waals surface area (Å²) in [5, 5.41) is 1.17. The molecule has 1 aliphatic heterocycles. The minimum absolute atomic E-state index is 0.146. The fourth-order valence-electron chi connectivity index (χ4n) is 3.49. The number of aryl methyl sites for hydroxylation is 1. The summed E-state index contributed by atoms with van der Waals surface area (Å²) in [5.41, 5.74) is 3.26. The number of benzene rings is 1. The third-order valence-corrected chi connectivity index (χ3v) is 6.29. The minimum Gasteiger partial charge on any atom is -0.295 e. The van der Waals surface area contributed by atoms with Crippen LogP contribution in [0, 0.1) is 6.92 Å². The van der Waals surface area contributed by atoms with E-state index in [0.29, 0.717) is 11.5 Å². The molecule has 0 spiro atoms. The third kappa shape index (κ3) is 3.72. The number of aromatic nitrogens is 1.